The second-order valence-electron chi connectivity index (χ2n) is 6.10. The lowest BCUT2D eigenvalue weighted by atomic mass is 9.81. The molecule has 4 nitrogen and oxygen atoms in total. The number of nitrogens with one attached hydrogen (secondary N) is 1. The zero-order valence-corrected chi connectivity index (χ0v) is 14.4. The third-order valence-electron chi connectivity index (χ3n) is 4.35. The first kappa shape index (κ1) is 16.9. The molecular formula is C15H25NO3S2. The highest BCUT2D eigenvalue weighted by Crippen LogP contribution is 2.30. The normalized spacial score (nSPS) is 23.4. The molecule has 1 heterocycles. The first-order valence-electron chi connectivity index (χ1n) is 7.62. The highest BCUT2D eigenvalue weighted by Gasteiger charge is 2.21. The summed E-state index contributed by atoms with van der Waals surface area (Å²) in [5.74, 6) is 1.48. The minimum atomic E-state index is -3.44. The summed E-state index contributed by atoms with van der Waals surface area (Å²) in [6.07, 6.45) is 5.88. The summed E-state index contributed by atoms with van der Waals surface area (Å²) in [5.41, 5.74) is 0. The van der Waals surface area contributed by atoms with Gasteiger partial charge >= 0.3 is 0 Å². The van der Waals surface area contributed by atoms with E-state index in [0.717, 1.165) is 17.2 Å². The van der Waals surface area contributed by atoms with Crippen LogP contribution in [0.3, 0.4) is 0 Å². The van der Waals surface area contributed by atoms with Crippen molar-refractivity contribution in [3.05, 3.63) is 15.8 Å². The summed E-state index contributed by atoms with van der Waals surface area (Å²) in [6, 6.07) is 1.57. The van der Waals surface area contributed by atoms with E-state index < -0.39 is 10.0 Å². The topological polar surface area (TPSA) is 66.4 Å². The molecule has 0 bridgehead atoms. The standard InChI is InChI=1S/C15H25NO3S2/c1-11-3-5-13(6-4-11)7-8-16-21(18,19)15-9-14(10-17)20-12(15)2/h9,11,13,16-17H,3-8,10H2,1-2H3. The van der Waals surface area contributed by atoms with Gasteiger partial charge in [0, 0.05) is 16.3 Å². The maximum Gasteiger partial charge on any atom is 0.241 e. The smallest absolute Gasteiger partial charge is 0.241 e. The van der Waals surface area contributed by atoms with Crippen molar-refractivity contribution in [2.45, 2.75) is 57.5 Å². The third-order valence-corrected chi connectivity index (χ3v) is 7.10. The van der Waals surface area contributed by atoms with E-state index in [-0.39, 0.29) is 6.61 Å². The number of aryl methyl sites for hydroxylation is 1. The van der Waals surface area contributed by atoms with Gasteiger partial charge in [0.1, 0.15) is 0 Å². The van der Waals surface area contributed by atoms with Crippen LogP contribution in [0.15, 0.2) is 11.0 Å². The molecule has 1 saturated carbocycles. The maximum atomic E-state index is 12.3. The predicted octanol–water partition coefficient (Wildman–Crippen LogP) is 3.04. The summed E-state index contributed by atoms with van der Waals surface area (Å²) < 4.78 is 27.3. The molecule has 1 aliphatic carbocycles. The van der Waals surface area contributed by atoms with Crippen molar-refractivity contribution in [3.8, 4) is 0 Å². The zero-order chi connectivity index (χ0) is 15.5. The molecule has 1 aliphatic rings. The van der Waals surface area contributed by atoms with Crippen LogP contribution in [0.25, 0.3) is 0 Å². The highest BCUT2D eigenvalue weighted by atomic mass is 32.2. The Morgan fingerprint density at radius 3 is 2.57 bits per heavy atom. The Morgan fingerprint density at radius 1 is 1.33 bits per heavy atom. The molecule has 120 valence electrons. The monoisotopic (exact) mass is 331 g/mol. The molecule has 2 rings (SSSR count). The minimum absolute atomic E-state index is 0.110. The lowest BCUT2D eigenvalue weighted by Crippen LogP contribution is -2.27. The molecule has 1 fully saturated rings. The van der Waals surface area contributed by atoms with Crippen molar-refractivity contribution >= 4 is 21.4 Å². The van der Waals surface area contributed by atoms with E-state index in [4.69, 9.17) is 5.11 Å². The Balaban J connectivity index is 1.88. The lowest BCUT2D eigenvalue weighted by molar-refractivity contribution is 0.278. The number of aliphatic hydroxyl groups excluding tert-OH is 1. The van der Waals surface area contributed by atoms with Crippen LogP contribution in [-0.2, 0) is 16.6 Å². The van der Waals surface area contributed by atoms with E-state index in [1.807, 2.05) is 0 Å². The summed E-state index contributed by atoms with van der Waals surface area (Å²) in [6.45, 7) is 4.46. The van der Waals surface area contributed by atoms with Gasteiger partial charge in [-0.2, -0.15) is 0 Å². The predicted molar refractivity (Wildman–Crippen MR) is 85.9 cm³/mol. The number of thiophene rings is 1. The molecule has 0 aliphatic heterocycles. The van der Waals surface area contributed by atoms with Crippen LogP contribution < -0.4 is 4.72 Å². The van der Waals surface area contributed by atoms with Gasteiger partial charge in [-0.25, -0.2) is 13.1 Å². The van der Waals surface area contributed by atoms with Crippen molar-refractivity contribution in [3.63, 3.8) is 0 Å². The summed E-state index contributed by atoms with van der Waals surface area (Å²) in [4.78, 5) is 1.74. The number of hydrogen-bond acceptors (Lipinski definition) is 4. The van der Waals surface area contributed by atoms with Crippen LogP contribution in [-0.4, -0.2) is 20.1 Å². The van der Waals surface area contributed by atoms with Crippen molar-refractivity contribution in [2.75, 3.05) is 6.54 Å². The van der Waals surface area contributed by atoms with E-state index in [0.29, 0.717) is 22.2 Å². The lowest BCUT2D eigenvalue weighted by Gasteiger charge is -2.26. The van der Waals surface area contributed by atoms with Crippen molar-refractivity contribution in [1.82, 2.24) is 4.72 Å². The van der Waals surface area contributed by atoms with Crippen LogP contribution in [0.5, 0.6) is 0 Å². The highest BCUT2D eigenvalue weighted by molar-refractivity contribution is 7.89. The summed E-state index contributed by atoms with van der Waals surface area (Å²) in [5, 5.41) is 9.10. The first-order chi connectivity index (χ1) is 9.92. The third kappa shape index (κ3) is 4.52. The molecule has 1 aromatic heterocycles. The minimum Gasteiger partial charge on any atom is -0.391 e. The zero-order valence-electron chi connectivity index (χ0n) is 12.8. The molecule has 1 aromatic rings. The molecule has 0 atom stereocenters. The van der Waals surface area contributed by atoms with Gasteiger partial charge in [0.2, 0.25) is 10.0 Å². The molecule has 2 N–H and O–H groups in total. The molecule has 0 amide bonds. The van der Waals surface area contributed by atoms with Crippen LogP contribution in [0.4, 0.5) is 0 Å². The fraction of sp³-hybridized carbons (Fsp3) is 0.733. The average Bonchev–Trinajstić information content (AvgIpc) is 2.83. The van der Waals surface area contributed by atoms with Crippen molar-refractivity contribution in [1.29, 1.82) is 0 Å². The molecule has 21 heavy (non-hydrogen) atoms. The fourth-order valence-electron chi connectivity index (χ4n) is 2.96. The number of hydrogen-bond donors (Lipinski definition) is 2. The SMILES string of the molecule is Cc1sc(CO)cc1S(=O)(=O)NCCC1CCC(C)CC1. The van der Waals surface area contributed by atoms with Crippen LogP contribution in [0.2, 0.25) is 0 Å². The molecule has 0 unspecified atom stereocenters. The average molecular weight is 332 g/mol. The Hall–Kier alpha value is -0.430. The Morgan fingerprint density at radius 2 is 2.00 bits per heavy atom. The molecular weight excluding hydrogens is 306 g/mol. The van der Waals surface area contributed by atoms with Gasteiger partial charge < -0.3 is 5.11 Å². The van der Waals surface area contributed by atoms with Gasteiger partial charge in [-0.1, -0.05) is 32.6 Å². The quantitative estimate of drug-likeness (QED) is 0.842. The van der Waals surface area contributed by atoms with Crippen molar-refractivity contribution in [2.24, 2.45) is 11.8 Å². The summed E-state index contributed by atoms with van der Waals surface area (Å²) >= 11 is 1.33. The second kappa shape index (κ2) is 7.22. The number of aliphatic hydroxyl groups is 1. The van der Waals surface area contributed by atoms with E-state index in [2.05, 4.69) is 11.6 Å². The van der Waals surface area contributed by atoms with Gasteiger partial charge in [0.15, 0.2) is 0 Å². The van der Waals surface area contributed by atoms with Crippen LogP contribution >= 0.6 is 11.3 Å². The van der Waals surface area contributed by atoms with Crippen LogP contribution in [0.1, 0.15) is 48.8 Å². The molecule has 0 spiro atoms. The van der Waals surface area contributed by atoms with E-state index in [9.17, 15) is 8.42 Å². The second-order valence-corrected chi connectivity index (χ2v) is 9.18. The van der Waals surface area contributed by atoms with Crippen molar-refractivity contribution < 1.29 is 13.5 Å². The Kier molecular flexibility index (Phi) is 5.82. The summed E-state index contributed by atoms with van der Waals surface area (Å²) in [7, 11) is -3.44. The van der Waals surface area contributed by atoms with Gasteiger partial charge in [-0.15, -0.1) is 11.3 Å². The fourth-order valence-corrected chi connectivity index (χ4v) is 5.50. The first-order valence-corrected chi connectivity index (χ1v) is 9.92. The molecule has 0 aromatic carbocycles. The van der Waals surface area contributed by atoms with Gasteiger partial charge in [-0.05, 0) is 31.2 Å². The van der Waals surface area contributed by atoms with Gasteiger partial charge in [-0.3, -0.25) is 0 Å². The molecule has 6 heteroatoms. The Labute approximate surface area is 131 Å². The van der Waals surface area contributed by atoms with E-state index in [1.54, 1.807) is 13.0 Å². The number of sulfonamides is 1. The number of rotatable bonds is 6. The Bertz CT molecular complexity index is 557. The van der Waals surface area contributed by atoms with Crippen LogP contribution in [0, 0.1) is 18.8 Å². The largest absolute Gasteiger partial charge is 0.391 e. The van der Waals surface area contributed by atoms with Gasteiger partial charge in [0.25, 0.3) is 0 Å². The molecule has 0 radical (unpaired) electrons. The van der Waals surface area contributed by atoms with E-state index in [1.165, 1.54) is 37.0 Å². The van der Waals surface area contributed by atoms with E-state index >= 15 is 0 Å². The molecule has 0 saturated heterocycles. The maximum absolute atomic E-state index is 12.3. The van der Waals surface area contributed by atoms with Gasteiger partial charge in [0.05, 0.1) is 11.5 Å².